The van der Waals surface area contributed by atoms with E-state index in [1.807, 2.05) is 6.92 Å². The number of unbranched alkanes of at least 4 members (excludes halogenated alkanes) is 1. The van der Waals surface area contributed by atoms with Gasteiger partial charge in [-0.25, -0.2) is 22.0 Å². The number of fused-ring (bicyclic) bond motifs is 1. The second-order valence-corrected chi connectivity index (χ2v) is 8.44. The Morgan fingerprint density at radius 1 is 0.818 bits per heavy atom. The average Bonchev–Trinajstić information content (AvgIpc) is 2.81. The number of hydrogen-bond donors (Lipinski definition) is 0. The molecule has 33 heavy (non-hydrogen) atoms. The van der Waals surface area contributed by atoms with E-state index in [0.29, 0.717) is 36.8 Å². The molecule has 0 radical (unpaired) electrons. The first kappa shape index (κ1) is 23.0. The normalized spacial score (nSPS) is 15.0. The topological polar surface area (TPSA) is 0 Å². The molecule has 1 unspecified atom stereocenters. The van der Waals surface area contributed by atoms with Crippen molar-refractivity contribution in [1.29, 1.82) is 0 Å². The predicted octanol–water partition coefficient (Wildman–Crippen LogP) is 7.40. The molecule has 4 rings (SSSR count). The SMILES string of the molecule is CCCCc1ccc(C2CCc3cc(C#Cc4cccc(F)c4F)c(F)cc3C2)c(F)c1F. The summed E-state index contributed by atoms with van der Waals surface area (Å²) in [6.07, 6.45) is 3.74. The lowest BCUT2D eigenvalue weighted by Gasteiger charge is -2.26. The molecule has 0 saturated heterocycles. The molecule has 0 aliphatic heterocycles. The Morgan fingerprint density at radius 2 is 1.61 bits per heavy atom. The van der Waals surface area contributed by atoms with E-state index in [2.05, 4.69) is 11.8 Å². The number of aryl methyl sites for hydroxylation is 2. The van der Waals surface area contributed by atoms with Gasteiger partial charge in [0.1, 0.15) is 5.82 Å². The van der Waals surface area contributed by atoms with Gasteiger partial charge >= 0.3 is 0 Å². The van der Waals surface area contributed by atoms with Gasteiger partial charge in [-0.1, -0.05) is 43.4 Å². The molecule has 3 aromatic rings. The number of benzene rings is 3. The van der Waals surface area contributed by atoms with Gasteiger partial charge in [0.05, 0.1) is 11.1 Å². The predicted molar refractivity (Wildman–Crippen MR) is 118 cm³/mol. The Balaban J connectivity index is 1.58. The highest BCUT2D eigenvalue weighted by Gasteiger charge is 2.26. The van der Waals surface area contributed by atoms with E-state index >= 15 is 0 Å². The molecule has 0 spiro atoms. The van der Waals surface area contributed by atoms with Crippen molar-refractivity contribution in [3.63, 3.8) is 0 Å². The Labute approximate surface area is 190 Å². The van der Waals surface area contributed by atoms with Gasteiger partial charge in [0, 0.05) is 0 Å². The van der Waals surface area contributed by atoms with E-state index < -0.39 is 29.1 Å². The zero-order chi connectivity index (χ0) is 23.5. The van der Waals surface area contributed by atoms with Crippen LogP contribution in [0.15, 0.2) is 42.5 Å². The van der Waals surface area contributed by atoms with Gasteiger partial charge in [-0.15, -0.1) is 0 Å². The summed E-state index contributed by atoms with van der Waals surface area (Å²) in [5.41, 5.74) is 2.25. The van der Waals surface area contributed by atoms with E-state index in [-0.39, 0.29) is 17.0 Å². The highest BCUT2D eigenvalue weighted by Crippen LogP contribution is 2.36. The van der Waals surface area contributed by atoms with Crippen LogP contribution in [-0.4, -0.2) is 0 Å². The van der Waals surface area contributed by atoms with Crippen molar-refractivity contribution in [2.45, 2.75) is 51.4 Å². The lowest BCUT2D eigenvalue weighted by molar-refractivity contribution is 0.466. The fourth-order valence-electron chi connectivity index (χ4n) is 4.36. The van der Waals surface area contributed by atoms with Crippen LogP contribution >= 0.6 is 0 Å². The van der Waals surface area contributed by atoms with Crippen LogP contribution in [0.4, 0.5) is 22.0 Å². The van der Waals surface area contributed by atoms with E-state index in [4.69, 9.17) is 0 Å². The molecule has 0 fully saturated rings. The van der Waals surface area contributed by atoms with Gasteiger partial charge in [0.2, 0.25) is 0 Å². The molecule has 5 heteroatoms. The molecule has 170 valence electrons. The lowest BCUT2D eigenvalue weighted by atomic mass is 9.79. The van der Waals surface area contributed by atoms with E-state index in [1.165, 1.54) is 18.2 Å². The first-order chi connectivity index (χ1) is 15.9. The summed E-state index contributed by atoms with van der Waals surface area (Å²) in [7, 11) is 0. The number of rotatable bonds is 4. The molecular formula is C28H23F5. The van der Waals surface area contributed by atoms with Gasteiger partial charge in [-0.3, -0.25) is 0 Å². The number of halogens is 5. The van der Waals surface area contributed by atoms with Crippen molar-refractivity contribution < 1.29 is 22.0 Å². The Morgan fingerprint density at radius 3 is 2.39 bits per heavy atom. The maximum atomic E-state index is 14.8. The van der Waals surface area contributed by atoms with Crippen LogP contribution in [0.3, 0.4) is 0 Å². The third-order valence-corrected chi connectivity index (χ3v) is 6.23. The molecule has 1 atom stereocenters. The van der Waals surface area contributed by atoms with Crippen LogP contribution < -0.4 is 0 Å². The fourth-order valence-corrected chi connectivity index (χ4v) is 4.36. The molecule has 0 bridgehead atoms. The minimum absolute atomic E-state index is 0.0911. The minimum atomic E-state index is -1.07. The van der Waals surface area contributed by atoms with Crippen molar-refractivity contribution in [1.82, 2.24) is 0 Å². The largest absolute Gasteiger partial charge is 0.206 e. The third kappa shape index (κ3) is 4.80. The first-order valence-corrected chi connectivity index (χ1v) is 11.1. The van der Waals surface area contributed by atoms with Gasteiger partial charge in [-0.2, -0.15) is 0 Å². The van der Waals surface area contributed by atoms with Crippen molar-refractivity contribution in [2.75, 3.05) is 0 Å². The quantitative estimate of drug-likeness (QED) is 0.285. The van der Waals surface area contributed by atoms with Gasteiger partial charge < -0.3 is 0 Å². The van der Waals surface area contributed by atoms with E-state index in [9.17, 15) is 22.0 Å². The molecule has 0 saturated carbocycles. The maximum Gasteiger partial charge on any atom is 0.174 e. The fraction of sp³-hybridized carbons (Fsp3) is 0.286. The highest BCUT2D eigenvalue weighted by atomic mass is 19.2. The summed E-state index contributed by atoms with van der Waals surface area (Å²) >= 11 is 0. The van der Waals surface area contributed by atoms with Crippen LogP contribution in [0.1, 0.15) is 65.5 Å². The molecule has 3 aromatic carbocycles. The van der Waals surface area contributed by atoms with Crippen molar-refractivity contribution >= 4 is 0 Å². The molecule has 0 N–H and O–H groups in total. The van der Waals surface area contributed by atoms with Crippen molar-refractivity contribution in [3.8, 4) is 11.8 Å². The minimum Gasteiger partial charge on any atom is -0.206 e. The Kier molecular flexibility index (Phi) is 6.83. The summed E-state index contributed by atoms with van der Waals surface area (Å²) in [6, 6.07) is 9.93. The molecule has 1 aliphatic rings. The maximum absolute atomic E-state index is 14.8. The van der Waals surface area contributed by atoms with Crippen LogP contribution in [-0.2, 0) is 19.3 Å². The van der Waals surface area contributed by atoms with Crippen LogP contribution in [0.2, 0.25) is 0 Å². The molecule has 1 aliphatic carbocycles. The second-order valence-electron chi connectivity index (χ2n) is 8.44. The number of hydrogen-bond acceptors (Lipinski definition) is 0. The third-order valence-electron chi connectivity index (χ3n) is 6.23. The first-order valence-electron chi connectivity index (χ1n) is 11.1. The molecule has 0 amide bonds. The zero-order valence-electron chi connectivity index (χ0n) is 18.3. The Bertz CT molecular complexity index is 1250. The van der Waals surface area contributed by atoms with Crippen LogP contribution in [0, 0.1) is 40.9 Å². The summed E-state index contributed by atoms with van der Waals surface area (Å²) in [5, 5.41) is 0. The summed E-state index contributed by atoms with van der Waals surface area (Å²) in [4.78, 5) is 0. The van der Waals surface area contributed by atoms with Crippen molar-refractivity contribution in [2.24, 2.45) is 0 Å². The monoisotopic (exact) mass is 454 g/mol. The molecule has 0 aromatic heterocycles. The van der Waals surface area contributed by atoms with Crippen LogP contribution in [0.25, 0.3) is 0 Å². The zero-order valence-corrected chi connectivity index (χ0v) is 18.3. The van der Waals surface area contributed by atoms with Crippen LogP contribution in [0.5, 0.6) is 0 Å². The molecular weight excluding hydrogens is 431 g/mol. The lowest BCUT2D eigenvalue weighted by Crippen LogP contribution is -2.16. The average molecular weight is 454 g/mol. The summed E-state index contributed by atoms with van der Waals surface area (Å²) in [5.74, 6) is 0.576. The summed E-state index contributed by atoms with van der Waals surface area (Å²) in [6.45, 7) is 2.00. The smallest absolute Gasteiger partial charge is 0.174 e. The highest BCUT2D eigenvalue weighted by molar-refractivity contribution is 5.48. The van der Waals surface area contributed by atoms with E-state index in [1.54, 1.807) is 18.2 Å². The van der Waals surface area contributed by atoms with Gasteiger partial charge in [0.15, 0.2) is 23.3 Å². The van der Waals surface area contributed by atoms with Gasteiger partial charge in [0.25, 0.3) is 0 Å². The summed E-state index contributed by atoms with van der Waals surface area (Å²) < 4.78 is 71.2. The van der Waals surface area contributed by atoms with Gasteiger partial charge in [-0.05, 0) is 84.5 Å². The molecule has 0 heterocycles. The standard InChI is InChI=1S/C28H23F5/c1-2-3-5-18-12-13-23(28(33)27(18)32)20-10-9-19-14-21(25(30)16-22(19)15-20)11-8-17-6-4-7-24(29)26(17)31/h4,6-7,12-14,16,20H,2-3,5,9-10,15H2,1H3. The Hall–Kier alpha value is -3.13. The molecule has 0 nitrogen and oxygen atoms in total. The van der Waals surface area contributed by atoms with E-state index in [0.717, 1.165) is 30.0 Å². The van der Waals surface area contributed by atoms with Crippen molar-refractivity contribution in [3.05, 3.63) is 105 Å². The second kappa shape index (κ2) is 9.79.